The number of rotatable bonds is 7. The lowest BCUT2D eigenvalue weighted by atomic mass is 9.82. The Morgan fingerprint density at radius 1 is 1.18 bits per heavy atom. The molecule has 172 valence electrons. The van der Waals surface area contributed by atoms with E-state index in [1.54, 1.807) is 25.3 Å². The minimum absolute atomic E-state index is 0.192. The Hall–Kier alpha value is -2.94. The molecule has 0 bridgehead atoms. The van der Waals surface area contributed by atoms with Crippen LogP contribution >= 0.6 is 0 Å². The Bertz CT molecular complexity index is 1140. The van der Waals surface area contributed by atoms with Gasteiger partial charge in [-0.25, -0.2) is 4.39 Å². The zero-order valence-corrected chi connectivity index (χ0v) is 19.1. The molecule has 2 aromatic carbocycles. The average molecular weight is 447 g/mol. The SMILES string of the molecule is COc1ccc2nccc(CCC[C@@H]3CCN(CC#Cc4ccccc4F)C[C@@H]3CO)c2c1. The van der Waals surface area contributed by atoms with E-state index in [0.29, 0.717) is 18.0 Å². The molecule has 0 amide bonds. The van der Waals surface area contributed by atoms with Crippen LogP contribution in [-0.4, -0.2) is 48.3 Å². The highest BCUT2D eigenvalue weighted by molar-refractivity contribution is 5.83. The molecule has 2 atom stereocenters. The quantitative estimate of drug-likeness (QED) is 0.535. The van der Waals surface area contributed by atoms with Crippen LogP contribution in [0.15, 0.2) is 54.7 Å². The van der Waals surface area contributed by atoms with Crippen molar-refractivity contribution in [1.29, 1.82) is 0 Å². The average Bonchev–Trinajstić information content (AvgIpc) is 2.85. The Morgan fingerprint density at radius 2 is 2.06 bits per heavy atom. The number of likely N-dealkylation sites (tertiary alicyclic amines) is 1. The van der Waals surface area contributed by atoms with Gasteiger partial charge in [0.1, 0.15) is 11.6 Å². The number of aromatic nitrogens is 1. The van der Waals surface area contributed by atoms with Gasteiger partial charge in [-0.2, -0.15) is 0 Å². The van der Waals surface area contributed by atoms with Crippen LogP contribution in [0, 0.1) is 29.5 Å². The van der Waals surface area contributed by atoms with Gasteiger partial charge in [0, 0.05) is 24.7 Å². The fourth-order valence-corrected chi connectivity index (χ4v) is 4.78. The summed E-state index contributed by atoms with van der Waals surface area (Å²) in [4.78, 5) is 6.74. The van der Waals surface area contributed by atoms with Crippen LogP contribution in [0.25, 0.3) is 10.9 Å². The molecule has 33 heavy (non-hydrogen) atoms. The molecule has 1 N–H and O–H groups in total. The van der Waals surface area contributed by atoms with Gasteiger partial charge in [0.05, 0.1) is 24.7 Å². The van der Waals surface area contributed by atoms with E-state index in [-0.39, 0.29) is 18.3 Å². The second kappa shape index (κ2) is 11.3. The number of aliphatic hydroxyl groups excluding tert-OH is 1. The molecular formula is C28H31FN2O2. The summed E-state index contributed by atoms with van der Waals surface area (Å²) in [6.07, 6.45) is 6.08. The van der Waals surface area contributed by atoms with E-state index in [9.17, 15) is 9.50 Å². The van der Waals surface area contributed by atoms with Crippen LogP contribution in [0.2, 0.25) is 0 Å². The van der Waals surface area contributed by atoms with Crippen molar-refractivity contribution in [3.63, 3.8) is 0 Å². The third-order valence-electron chi connectivity index (χ3n) is 6.67. The number of ether oxygens (including phenoxy) is 1. The third kappa shape index (κ3) is 5.90. The van der Waals surface area contributed by atoms with Crippen LogP contribution < -0.4 is 4.74 Å². The Morgan fingerprint density at radius 3 is 2.88 bits per heavy atom. The van der Waals surface area contributed by atoms with Gasteiger partial charge >= 0.3 is 0 Å². The van der Waals surface area contributed by atoms with Crippen molar-refractivity contribution in [2.45, 2.75) is 25.7 Å². The van der Waals surface area contributed by atoms with Gasteiger partial charge < -0.3 is 9.84 Å². The fourth-order valence-electron chi connectivity index (χ4n) is 4.78. The Balaban J connectivity index is 1.31. The molecule has 1 aromatic heterocycles. The lowest BCUT2D eigenvalue weighted by Gasteiger charge is -2.37. The standard InChI is InChI=1S/C28H31FN2O2/c1-33-25-11-12-28-26(18-25)22(13-15-30-28)8-4-7-21-14-17-31(19-24(21)20-32)16-5-9-23-6-2-3-10-27(23)29/h2-3,6,10-13,15,18,21,24,32H,4,7-8,14,16-17,19-20H2,1H3/t21-,24-/m1/s1. The maximum atomic E-state index is 13.7. The van der Waals surface area contributed by atoms with Crippen molar-refractivity contribution in [3.05, 3.63) is 71.7 Å². The van der Waals surface area contributed by atoms with E-state index in [1.807, 2.05) is 18.3 Å². The smallest absolute Gasteiger partial charge is 0.138 e. The van der Waals surface area contributed by atoms with Gasteiger partial charge in [-0.15, -0.1) is 0 Å². The molecule has 1 aliphatic heterocycles. The predicted octanol–water partition coefficient (Wildman–Crippen LogP) is 4.69. The number of fused-ring (bicyclic) bond motifs is 1. The Kier molecular flexibility index (Phi) is 7.93. The summed E-state index contributed by atoms with van der Waals surface area (Å²) in [5.74, 6) is 7.37. The van der Waals surface area contributed by atoms with E-state index in [4.69, 9.17) is 4.74 Å². The van der Waals surface area contributed by atoms with Crippen molar-refractivity contribution in [2.24, 2.45) is 11.8 Å². The molecular weight excluding hydrogens is 415 g/mol. The first-order valence-corrected chi connectivity index (χ1v) is 11.7. The molecule has 5 heteroatoms. The first kappa shape index (κ1) is 23.2. The number of hydrogen-bond donors (Lipinski definition) is 1. The minimum atomic E-state index is -0.280. The topological polar surface area (TPSA) is 45.6 Å². The van der Waals surface area contributed by atoms with Crippen LogP contribution in [0.1, 0.15) is 30.4 Å². The van der Waals surface area contributed by atoms with Crippen LogP contribution in [-0.2, 0) is 6.42 Å². The summed E-state index contributed by atoms with van der Waals surface area (Å²) in [6, 6.07) is 14.7. The van der Waals surface area contributed by atoms with Gasteiger partial charge in [-0.1, -0.05) is 24.0 Å². The molecule has 2 heterocycles. The van der Waals surface area contributed by atoms with Crippen molar-refractivity contribution >= 4 is 10.9 Å². The highest BCUT2D eigenvalue weighted by atomic mass is 19.1. The van der Waals surface area contributed by atoms with Crippen molar-refractivity contribution in [2.75, 3.05) is 33.4 Å². The third-order valence-corrected chi connectivity index (χ3v) is 6.67. The van der Waals surface area contributed by atoms with E-state index < -0.39 is 0 Å². The number of nitrogens with zero attached hydrogens (tertiary/aromatic N) is 2. The zero-order valence-electron chi connectivity index (χ0n) is 19.1. The number of piperidine rings is 1. The van der Waals surface area contributed by atoms with Gasteiger partial charge in [-0.05, 0) is 86.0 Å². The normalized spacial score (nSPS) is 18.6. The molecule has 0 radical (unpaired) electrons. The number of hydrogen-bond acceptors (Lipinski definition) is 4. The highest BCUT2D eigenvalue weighted by Gasteiger charge is 2.28. The number of pyridine rings is 1. The first-order chi connectivity index (χ1) is 16.2. The van der Waals surface area contributed by atoms with Gasteiger partial charge in [0.25, 0.3) is 0 Å². The summed E-state index contributed by atoms with van der Waals surface area (Å²) < 4.78 is 19.1. The number of halogens is 1. The van der Waals surface area contributed by atoms with Gasteiger partial charge in [0.15, 0.2) is 0 Å². The molecule has 0 unspecified atom stereocenters. The summed E-state index contributed by atoms with van der Waals surface area (Å²) in [5, 5.41) is 11.2. The number of aryl methyl sites for hydroxylation is 1. The Labute approximate surface area is 195 Å². The van der Waals surface area contributed by atoms with E-state index >= 15 is 0 Å². The number of benzene rings is 2. The minimum Gasteiger partial charge on any atom is -0.497 e. The molecule has 0 saturated carbocycles. The molecule has 4 rings (SSSR count). The zero-order chi connectivity index (χ0) is 23.0. The molecule has 4 nitrogen and oxygen atoms in total. The second-order valence-electron chi connectivity index (χ2n) is 8.75. The second-order valence-corrected chi connectivity index (χ2v) is 8.75. The van der Waals surface area contributed by atoms with Crippen molar-refractivity contribution in [1.82, 2.24) is 9.88 Å². The summed E-state index contributed by atoms with van der Waals surface area (Å²) in [7, 11) is 1.68. The maximum absolute atomic E-state index is 13.7. The summed E-state index contributed by atoms with van der Waals surface area (Å²) in [5.41, 5.74) is 2.72. The summed E-state index contributed by atoms with van der Waals surface area (Å²) in [6.45, 7) is 2.59. The maximum Gasteiger partial charge on any atom is 0.138 e. The largest absolute Gasteiger partial charge is 0.497 e. The van der Waals surface area contributed by atoms with E-state index in [1.165, 1.54) is 11.6 Å². The first-order valence-electron chi connectivity index (χ1n) is 11.7. The van der Waals surface area contributed by atoms with Crippen molar-refractivity contribution < 1.29 is 14.2 Å². The molecule has 1 saturated heterocycles. The van der Waals surface area contributed by atoms with Crippen LogP contribution in [0.5, 0.6) is 5.75 Å². The van der Waals surface area contributed by atoms with Crippen molar-refractivity contribution in [3.8, 4) is 17.6 Å². The molecule has 1 fully saturated rings. The summed E-state index contributed by atoms with van der Waals surface area (Å²) >= 11 is 0. The fraction of sp³-hybridized carbons (Fsp3) is 0.393. The van der Waals surface area contributed by atoms with Crippen LogP contribution in [0.4, 0.5) is 4.39 Å². The highest BCUT2D eigenvalue weighted by Crippen LogP contribution is 2.29. The number of methoxy groups -OCH3 is 1. The molecule has 0 spiro atoms. The van der Waals surface area contributed by atoms with Gasteiger partial charge in [-0.3, -0.25) is 9.88 Å². The van der Waals surface area contributed by atoms with E-state index in [0.717, 1.165) is 55.4 Å². The van der Waals surface area contributed by atoms with E-state index in [2.05, 4.69) is 33.9 Å². The number of aliphatic hydroxyl groups is 1. The van der Waals surface area contributed by atoms with Gasteiger partial charge in [0.2, 0.25) is 0 Å². The lowest BCUT2D eigenvalue weighted by Crippen LogP contribution is -2.42. The molecule has 1 aliphatic rings. The monoisotopic (exact) mass is 446 g/mol. The molecule has 3 aromatic rings. The molecule has 0 aliphatic carbocycles. The van der Waals surface area contributed by atoms with Crippen LogP contribution in [0.3, 0.4) is 0 Å². The lowest BCUT2D eigenvalue weighted by molar-refractivity contribution is 0.0748. The predicted molar refractivity (Wildman–Crippen MR) is 130 cm³/mol.